The van der Waals surface area contributed by atoms with Crippen LogP contribution in [0.2, 0.25) is 0 Å². The van der Waals surface area contributed by atoms with Crippen LogP contribution in [0.1, 0.15) is 88.3 Å². The summed E-state index contributed by atoms with van der Waals surface area (Å²) in [5, 5.41) is 0. The number of benzene rings is 2. The molecule has 2 rings (SSSR count). The van der Waals surface area contributed by atoms with Gasteiger partial charge in [-0.3, -0.25) is 4.79 Å². The molecule has 0 radical (unpaired) electrons. The summed E-state index contributed by atoms with van der Waals surface area (Å²) in [6, 6.07) is 14.1. The van der Waals surface area contributed by atoms with Crippen LogP contribution in [-0.2, 0) is 27.3 Å². The van der Waals surface area contributed by atoms with E-state index in [0.29, 0.717) is 12.0 Å². The van der Waals surface area contributed by atoms with E-state index in [1.807, 2.05) is 24.3 Å². The third-order valence-corrected chi connectivity index (χ3v) is 6.06. The van der Waals surface area contributed by atoms with Crippen molar-refractivity contribution in [2.75, 3.05) is 13.2 Å². The van der Waals surface area contributed by atoms with Gasteiger partial charge in [0, 0.05) is 25.1 Å². The lowest BCUT2D eigenvalue weighted by Crippen LogP contribution is -2.38. The van der Waals surface area contributed by atoms with Gasteiger partial charge in [-0.15, -0.1) is 0 Å². The normalized spacial score (nSPS) is 10.4. The van der Waals surface area contributed by atoms with Crippen molar-refractivity contribution in [3.8, 4) is 11.8 Å². The van der Waals surface area contributed by atoms with E-state index in [2.05, 4.69) is 18.8 Å². The van der Waals surface area contributed by atoms with Crippen molar-refractivity contribution in [2.24, 2.45) is 0 Å². The Balaban J connectivity index is 1.88. The van der Waals surface area contributed by atoms with Crippen molar-refractivity contribution in [1.82, 2.24) is 4.90 Å². The summed E-state index contributed by atoms with van der Waals surface area (Å²) in [5.41, 5.74) is 2.30. The summed E-state index contributed by atoms with van der Waals surface area (Å²) >= 11 is 0. The molecule has 0 saturated heterocycles. The summed E-state index contributed by atoms with van der Waals surface area (Å²) in [4.78, 5) is 26.1. The van der Waals surface area contributed by atoms with E-state index in [4.69, 9.17) is 4.74 Å². The molecular weight excluding hydrogens is 453 g/mol. The number of rotatable bonds is 14. The fourth-order valence-electron chi connectivity index (χ4n) is 3.96. The monoisotopic (exact) mass is 493 g/mol. The molecule has 0 aliphatic rings. The maximum atomic E-state index is 14.0. The van der Waals surface area contributed by atoms with Gasteiger partial charge < -0.3 is 9.64 Å². The number of esters is 1. The largest absolute Gasteiger partial charge is 0.459 e. The molecule has 0 spiro atoms. The van der Waals surface area contributed by atoms with Crippen molar-refractivity contribution < 1.29 is 18.7 Å². The minimum atomic E-state index is -0.894. The van der Waals surface area contributed by atoms with Crippen molar-refractivity contribution in [3.05, 3.63) is 71.0 Å². The molecule has 1 amide bonds. The maximum absolute atomic E-state index is 14.0. The second kappa shape index (κ2) is 17.3. The summed E-state index contributed by atoms with van der Waals surface area (Å²) in [7, 11) is 0. The summed E-state index contributed by atoms with van der Waals surface area (Å²) in [5.74, 6) is 4.52. The molecule has 2 aromatic rings. The Morgan fingerprint density at radius 3 is 2.22 bits per heavy atom. The van der Waals surface area contributed by atoms with Crippen LogP contribution in [0.25, 0.3) is 0 Å². The molecule has 0 aliphatic carbocycles. The first-order chi connectivity index (χ1) is 17.5. The lowest BCUT2D eigenvalue weighted by Gasteiger charge is -2.22. The molecule has 0 saturated carbocycles. The zero-order valence-corrected chi connectivity index (χ0v) is 21.9. The molecule has 0 N–H and O–H groups in total. The predicted molar refractivity (Wildman–Crippen MR) is 143 cm³/mol. The number of hydrogen-bond acceptors (Lipinski definition) is 3. The van der Waals surface area contributed by atoms with Crippen LogP contribution >= 0.6 is 0 Å². The van der Waals surface area contributed by atoms with Crippen LogP contribution < -0.4 is 0 Å². The minimum absolute atomic E-state index is 0.123. The number of halogens is 1. The number of ether oxygens (including phenoxy) is 1. The minimum Gasteiger partial charge on any atom is -0.459 e. The van der Waals surface area contributed by atoms with Crippen LogP contribution in [0, 0.1) is 17.7 Å². The molecule has 194 valence electrons. The summed E-state index contributed by atoms with van der Waals surface area (Å²) in [6.07, 6.45) is 11.5. The predicted octanol–water partition coefficient (Wildman–Crippen LogP) is 6.84. The topological polar surface area (TPSA) is 46.6 Å². The Bertz CT molecular complexity index is 991. The highest BCUT2D eigenvalue weighted by molar-refractivity contribution is 6.32. The van der Waals surface area contributed by atoms with Crippen LogP contribution in [0.4, 0.5) is 4.39 Å². The van der Waals surface area contributed by atoms with E-state index in [1.165, 1.54) is 55.9 Å². The molecule has 0 heterocycles. The molecule has 0 aromatic heterocycles. The fraction of sp³-hybridized carbons (Fsp3) is 0.484. The van der Waals surface area contributed by atoms with Gasteiger partial charge in [0.15, 0.2) is 0 Å². The SMILES string of the molecule is CCCCCCCCCCC#Cc1ccc(CN(CCc2ccccc2F)C(=O)C(=O)OCC)cc1. The van der Waals surface area contributed by atoms with E-state index in [0.717, 1.165) is 24.0 Å². The first-order valence-corrected chi connectivity index (χ1v) is 13.3. The highest BCUT2D eigenvalue weighted by Crippen LogP contribution is 2.13. The van der Waals surface area contributed by atoms with E-state index in [9.17, 15) is 14.0 Å². The summed E-state index contributed by atoms with van der Waals surface area (Å²) in [6.45, 7) is 4.46. The lowest BCUT2D eigenvalue weighted by atomic mass is 10.1. The Kier molecular flexibility index (Phi) is 14.0. The Labute approximate surface area is 216 Å². The van der Waals surface area contributed by atoms with Gasteiger partial charge in [0.1, 0.15) is 5.82 Å². The van der Waals surface area contributed by atoms with Gasteiger partial charge in [-0.1, -0.05) is 94.0 Å². The van der Waals surface area contributed by atoms with Crippen LogP contribution in [0.5, 0.6) is 0 Å². The molecule has 5 heteroatoms. The van der Waals surface area contributed by atoms with E-state index < -0.39 is 11.9 Å². The van der Waals surface area contributed by atoms with Crippen LogP contribution in [0.3, 0.4) is 0 Å². The van der Waals surface area contributed by atoms with E-state index >= 15 is 0 Å². The average Bonchev–Trinajstić information content (AvgIpc) is 2.89. The molecule has 36 heavy (non-hydrogen) atoms. The average molecular weight is 494 g/mol. The standard InChI is InChI=1S/C31H40FNO3/c1-3-5-6-7-8-9-10-11-12-13-16-26-19-21-27(22-20-26)25-33(30(34)31(35)36-4-2)24-23-28-17-14-15-18-29(28)32/h14-15,17-22H,3-12,23-25H2,1-2H3. The van der Waals surface area contributed by atoms with E-state index in [-0.39, 0.29) is 25.5 Å². The smallest absolute Gasteiger partial charge is 0.397 e. The maximum Gasteiger partial charge on any atom is 0.397 e. The van der Waals surface area contributed by atoms with Gasteiger partial charge in [-0.2, -0.15) is 0 Å². The molecule has 4 nitrogen and oxygen atoms in total. The molecule has 0 fully saturated rings. The number of amides is 1. The van der Waals surface area contributed by atoms with Gasteiger partial charge in [0.25, 0.3) is 0 Å². The van der Waals surface area contributed by atoms with Gasteiger partial charge in [0.05, 0.1) is 6.61 Å². The number of carbonyl (C=O) groups excluding carboxylic acids is 2. The number of hydrogen-bond donors (Lipinski definition) is 0. The molecule has 2 aromatic carbocycles. The fourth-order valence-corrected chi connectivity index (χ4v) is 3.96. The molecule has 0 unspecified atom stereocenters. The number of carbonyl (C=O) groups is 2. The second-order valence-electron chi connectivity index (χ2n) is 9.01. The Hall–Kier alpha value is -3.13. The van der Waals surface area contributed by atoms with Crippen LogP contribution in [-0.4, -0.2) is 29.9 Å². The van der Waals surface area contributed by atoms with Crippen molar-refractivity contribution in [1.29, 1.82) is 0 Å². The zero-order chi connectivity index (χ0) is 26.0. The van der Waals surface area contributed by atoms with Crippen molar-refractivity contribution in [2.45, 2.75) is 84.6 Å². The second-order valence-corrected chi connectivity index (χ2v) is 9.01. The summed E-state index contributed by atoms with van der Waals surface area (Å²) < 4.78 is 18.9. The third kappa shape index (κ3) is 11.1. The Morgan fingerprint density at radius 2 is 1.56 bits per heavy atom. The molecule has 0 atom stereocenters. The van der Waals surface area contributed by atoms with Gasteiger partial charge in [-0.05, 0) is 49.1 Å². The van der Waals surface area contributed by atoms with Gasteiger partial charge in [-0.25, -0.2) is 9.18 Å². The third-order valence-electron chi connectivity index (χ3n) is 6.06. The number of nitrogens with zero attached hydrogens (tertiary/aromatic N) is 1. The van der Waals surface area contributed by atoms with Crippen molar-refractivity contribution in [3.63, 3.8) is 0 Å². The highest BCUT2D eigenvalue weighted by atomic mass is 19.1. The number of unbranched alkanes of at least 4 members (excludes halogenated alkanes) is 8. The first-order valence-electron chi connectivity index (χ1n) is 13.3. The first kappa shape index (κ1) is 29.1. The van der Waals surface area contributed by atoms with Gasteiger partial charge >= 0.3 is 11.9 Å². The van der Waals surface area contributed by atoms with Crippen LogP contribution in [0.15, 0.2) is 48.5 Å². The lowest BCUT2D eigenvalue weighted by molar-refractivity contribution is -0.160. The van der Waals surface area contributed by atoms with Gasteiger partial charge in [0.2, 0.25) is 0 Å². The Morgan fingerprint density at radius 1 is 0.889 bits per heavy atom. The molecular formula is C31H40FNO3. The van der Waals surface area contributed by atoms with E-state index in [1.54, 1.807) is 25.1 Å². The zero-order valence-electron chi connectivity index (χ0n) is 21.9. The molecule has 0 aliphatic heterocycles. The quantitative estimate of drug-likeness (QED) is 0.125. The molecule has 0 bridgehead atoms. The highest BCUT2D eigenvalue weighted by Gasteiger charge is 2.23. The van der Waals surface area contributed by atoms with Crippen molar-refractivity contribution >= 4 is 11.9 Å².